The van der Waals surface area contributed by atoms with Gasteiger partial charge in [-0.15, -0.1) is 0 Å². The molecule has 3 rings (SSSR count). The van der Waals surface area contributed by atoms with Gasteiger partial charge in [0.2, 0.25) is 0 Å². The summed E-state index contributed by atoms with van der Waals surface area (Å²) in [5, 5.41) is -0.619. The lowest BCUT2D eigenvalue weighted by atomic mass is 9.82. The summed E-state index contributed by atoms with van der Waals surface area (Å²) in [6, 6.07) is 17.3. The number of ether oxygens (including phenoxy) is 1. The third-order valence-electron chi connectivity index (χ3n) is 5.55. The molecule has 4 nitrogen and oxygen atoms in total. The van der Waals surface area contributed by atoms with Gasteiger partial charge >= 0.3 is 0 Å². The van der Waals surface area contributed by atoms with E-state index in [-0.39, 0.29) is 12.0 Å². The molecule has 2 aromatic carbocycles. The molecule has 2 aromatic rings. The van der Waals surface area contributed by atoms with E-state index in [1.165, 1.54) is 0 Å². The monoisotopic (exact) mass is 402 g/mol. The van der Waals surface area contributed by atoms with Crippen molar-refractivity contribution < 1.29 is 17.3 Å². The summed E-state index contributed by atoms with van der Waals surface area (Å²) in [5.41, 5.74) is 1.89. The molecule has 0 N–H and O–H groups in total. The van der Waals surface area contributed by atoms with Crippen molar-refractivity contribution in [1.29, 1.82) is 0 Å². The molecule has 0 saturated heterocycles. The lowest BCUT2D eigenvalue weighted by molar-refractivity contribution is 0.134. The van der Waals surface area contributed by atoms with Crippen molar-refractivity contribution in [2.45, 2.75) is 62.7 Å². The Labute approximate surface area is 169 Å². The van der Waals surface area contributed by atoms with Crippen LogP contribution in [0.3, 0.4) is 0 Å². The molecule has 3 atom stereocenters. The predicted octanol–water partition coefficient (Wildman–Crippen LogP) is 5.61. The Morgan fingerprint density at radius 3 is 2.50 bits per heavy atom. The number of benzene rings is 2. The van der Waals surface area contributed by atoms with E-state index in [4.69, 9.17) is 8.92 Å². The van der Waals surface area contributed by atoms with Gasteiger partial charge in [-0.3, -0.25) is 4.18 Å². The number of rotatable bonds is 8. The normalized spacial score (nSPS) is 21.2. The smallest absolute Gasteiger partial charge is 0.274 e. The van der Waals surface area contributed by atoms with Crippen LogP contribution >= 0.6 is 0 Å². The molecule has 1 fully saturated rings. The Morgan fingerprint density at radius 2 is 1.79 bits per heavy atom. The summed E-state index contributed by atoms with van der Waals surface area (Å²) in [6.07, 6.45) is 4.78. The Kier molecular flexibility index (Phi) is 7.13. The van der Waals surface area contributed by atoms with E-state index in [2.05, 4.69) is 0 Å². The number of hydrogen-bond acceptors (Lipinski definition) is 4. The van der Waals surface area contributed by atoms with Crippen LogP contribution in [0.5, 0.6) is 5.75 Å². The second kappa shape index (κ2) is 9.57. The molecular weight excluding hydrogens is 372 g/mol. The SMILES string of the molecule is CCCC(c1ccccc1)S(=O)(=O)O[C@H]1CCCC[C@@H]1c1cccc(OC)c1. The fraction of sp³-hybridized carbons (Fsp3) is 0.478. The molecule has 1 unspecified atom stereocenters. The summed E-state index contributed by atoms with van der Waals surface area (Å²) in [7, 11) is -2.08. The van der Waals surface area contributed by atoms with Crippen LogP contribution in [0, 0.1) is 0 Å². The summed E-state index contributed by atoms with van der Waals surface area (Å²) < 4.78 is 37.8. The van der Waals surface area contributed by atoms with Crippen LogP contribution in [0.1, 0.15) is 67.7 Å². The van der Waals surface area contributed by atoms with Crippen LogP contribution < -0.4 is 4.74 Å². The molecule has 0 bridgehead atoms. The lowest BCUT2D eigenvalue weighted by Gasteiger charge is -2.32. The standard InChI is InChI=1S/C23H30O4S/c1-3-10-23(18-11-5-4-6-12-18)28(24,25)27-22-16-8-7-15-21(22)19-13-9-14-20(17-19)26-2/h4-6,9,11-14,17,21-23H,3,7-8,10,15-16H2,1-2H3/t21-,22+,23?/m1/s1. The largest absolute Gasteiger partial charge is 0.497 e. The van der Waals surface area contributed by atoms with E-state index in [1.807, 2.05) is 61.5 Å². The van der Waals surface area contributed by atoms with Gasteiger partial charge < -0.3 is 4.74 Å². The molecule has 0 spiro atoms. The molecule has 0 aromatic heterocycles. The van der Waals surface area contributed by atoms with E-state index in [0.29, 0.717) is 6.42 Å². The van der Waals surface area contributed by atoms with E-state index in [1.54, 1.807) is 7.11 Å². The van der Waals surface area contributed by atoms with Crippen molar-refractivity contribution in [2.75, 3.05) is 7.11 Å². The molecule has 1 aliphatic carbocycles. The summed E-state index contributed by atoms with van der Waals surface area (Å²) in [5.74, 6) is 0.856. The first-order valence-corrected chi connectivity index (χ1v) is 11.6. The summed E-state index contributed by atoms with van der Waals surface area (Å²) in [6.45, 7) is 2.01. The van der Waals surface area contributed by atoms with Gasteiger partial charge in [-0.1, -0.05) is 68.7 Å². The van der Waals surface area contributed by atoms with Crippen LogP contribution in [0.15, 0.2) is 54.6 Å². The maximum atomic E-state index is 13.2. The van der Waals surface area contributed by atoms with Crippen molar-refractivity contribution >= 4 is 10.1 Å². The average molecular weight is 403 g/mol. The van der Waals surface area contributed by atoms with Crippen molar-refractivity contribution in [2.24, 2.45) is 0 Å². The highest BCUT2D eigenvalue weighted by molar-refractivity contribution is 7.87. The van der Waals surface area contributed by atoms with Crippen molar-refractivity contribution in [3.05, 3.63) is 65.7 Å². The minimum atomic E-state index is -3.73. The highest BCUT2D eigenvalue weighted by Crippen LogP contribution is 2.39. The van der Waals surface area contributed by atoms with Gasteiger partial charge in [-0.25, -0.2) is 0 Å². The van der Waals surface area contributed by atoms with E-state index in [0.717, 1.165) is 49.0 Å². The van der Waals surface area contributed by atoms with E-state index >= 15 is 0 Å². The third kappa shape index (κ3) is 4.95. The Hall–Kier alpha value is -1.85. The molecule has 0 amide bonds. The van der Waals surface area contributed by atoms with Crippen molar-refractivity contribution in [3.63, 3.8) is 0 Å². The first kappa shape index (κ1) is 20.9. The van der Waals surface area contributed by atoms with Gasteiger partial charge in [0.25, 0.3) is 10.1 Å². The summed E-state index contributed by atoms with van der Waals surface area (Å²) >= 11 is 0. The maximum absolute atomic E-state index is 13.2. The van der Waals surface area contributed by atoms with Crippen LogP contribution in [0.25, 0.3) is 0 Å². The van der Waals surface area contributed by atoms with Gasteiger partial charge in [-0.05, 0) is 42.5 Å². The molecule has 0 heterocycles. The fourth-order valence-corrected chi connectivity index (χ4v) is 5.84. The molecule has 0 radical (unpaired) electrons. The Balaban J connectivity index is 1.85. The second-order valence-corrected chi connectivity index (χ2v) is 9.23. The molecule has 28 heavy (non-hydrogen) atoms. The van der Waals surface area contributed by atoms with Gasteiger partial charge in [0.05, 0.1) is 13.2 Å². The third-order valence-corrected chi connectivity index (χ3v) is 7.27. The molecule has 1 aliphatic rings. The summed E-state index contributed by atoms with van der Waals surface area (Å²) in [4.78, 5) is 0. The maximum Gasteiger partial charge on any atom is 0.274 e. The van der Waals surface area contributed by atoms with Crippen LogP contribution in [-0.2, 0) is 14.3 Å². The first-order valence-electron chi connectivity index (χ1n) is 10.2. The highest BCUT2D eigenvalue weighted by atomic mass is 32.2. The number of methoxy groups -OCH3 is 1. The van der Waals surface area contributed by atoms with Gasteiger partial charge in [-0.2, -0.15) is 8.42 Å². The van der Waals surface area contributed by atoms with Crippen LogP contribution in [0.4, 0.5) is 0 Å². The topological polar surface area (TPSA) is 52.6 Å². The van der Waals surface area contributed by atoms with E-state index in [9.17, 15) is 8.42 Å². The average Bonchev–Trinajstić information content (AvgIpc) is 2.72. The molecule has 1 saturated carbocycles. The van der Waals surface area contributed by atoms with Gasteiger partial charge in [0.1, 0.15) is 11.0 Å². The molecule has 0 aliphatic heterocycles. The highest BCUT2D eigenvalue weighted by Gasteiger charge is 2.35. The Bertz CT molecular complexity index is 848. The van der Waals surface area contributed by atoms with Crippen molar-refractivity contribution in [1.82, 2.24) is 0 Å². The minimum absolute atomic E-state index is 0.0664. The Morgan fingerprint density at radius 1 is 1.04 bits per heavy atom. The van der Waals surface area contributed by atoms with Crippen molar-refractivity contribution in [3.8, 4) is 5.75 Å². The zero-order valence-electron chi connectivity index (χ0n) is 16.7. The zero-order valence-corrected chi connectivity index (χ0v) is 17.5. The minimum Gasteiger partial charge on any atom is -0.497 e. The molecule has 152 valence electrons. The second-order valence-electron chi connectivity index (χ2n) is 7.48. The van der Waals surface area contributed by atoms with Crippen LogP contribution in [-0.4, -0.2) is 21.6 Å². The molecule has 5 heteroatoms. The van der Waals surface area contributed by atoms with Gasteiger partial charge in [0, 0.05) is 5.92 Å². The van der Waals surface area contributed by atoms with E-state index < -0.39 is 15.4 Å². The first-order chi connectivity index (χ1) is 13.5. The predicted molar refractivity (Wildman–Crippen MR) is 112 cm³/mol. The van der Waals surface area contributed by atoms with Gasteiger partial charge in [0.15, 0.2) is 0 Å². The van der Waals surface area contributed by atoms with Crippen LogP contribution in [0.2, 0.25) is 0 Å². The molecular formula is C23H30O4S. The number of hydrogen-bond donors (Lipinski definition) is 0. The lowest BCUT2D eigenvalue weighted by Crippen LogP contribution is -2.31. The fourth-order valence-electron chi connectivity index (χ4n) is 4.11. The zero-order chi connectivity index (χ0) is 20.0. The quantitative estimate of drug-likeness (QED) is 0.539.